The molecule has 3 rings (SSSR count). The topological polar surface area (TPSA) is 19.9 Å². The normalized spacial score (nSPS) is 14.6. The summed E-state index contributed by atoms with van der Waals surface area (Å²) in [7, 11) is 0. The van der Waals surface area contributed by atoms with E-state index < -0.39 is 0 Å². The maximum atomic E-state index is 2.49. The van der Waals surface area contributed by atoms with Gasteiger partial charge in [0.25, 0.3) is 0 Å². The van der Waals surface area contributed by atoms with Crippen molar-refractivity contribution >= 4 is 5.69 Å². The lowest BCUT2D eigenvalue weighted by atomic mass is 10.1. The molecule has 0 saturated carbocycles. The van der Waals surface area contributed by atoms with Gasteiger partial charge in [0.1, 0.15) is 13.1 Å². The van der Waals surface area contributed by atoms with Crippen LogP contribution in [0.25, 0.3) is 0 Å². The minimum atomic E-state index is 1.05. The first-order valence-corrected chi connectivity index (χ1v) is 8.02. The molecule has 0 radical (unpaired) electrons. The first-order valence-electron chi connectivity index (χ1n) is 8.02. The van der Waals surface area contributed by atoms with E-state index in [1.807, 2.05) is 0 Å². The molecule has 1 aliphatic heterocycles. The van der Waals surface area contributed by atoms with Crippen molar-refractivity contribution in [2.45, 2.75) is 32.9 Å². The maximum absolute atomic E-state index is 2.49. The summed E-state index contributed by atoms with van der Waals surface area (Å²) in [5.41, 5.74) is 5.52. The molecule has 2 N–H and O–H groups in total. The number of anilines is 1. The Morgan fingerprint density at radius 3 is 1.90 bits per heavy atom. The number of nitrogens with zero attached hydrogens (tertiary/aromatic N) is 1. The van der Waals surface area contributed by atoms with Crippen LogP contribution in [0, 0.1) is 6.92 Å². The van der Waals surface area contributed by atoms with E-state index in [9.17, 15) is 0 Å². The van der Waals surface area contributed by atoms with Crippen LogP contribution < -0.4 is 10.2 Å². The highest BCUT2D eigenvalue weighted by Gasteiger charge is 2.11. The molecule has 0 spiro atoms. The van der Waals surface area contributed by atoms with Crippen LogP contribution in [0.5, 0.6) is 0 Å². The van der Waals surface area contributed by atoms with E-state index in [-0.39, 0.29) is 0 Å². The SMILES string of the molecule is Cc1ccc(C[NH2+]Cc2ccc(N3CCCC3)cc2)cc1. The molecular weight excluding hydrogens is 256 g/mol. The third-order valence-corrected chi connectivity index (χ3v) is 4.29. The molecule has 0 unspecified atom stereocenters. The Labute approximate surface area is 127 Å². The van der Waals surface area contributed by atoms with Gasteiger partial charge in [-0.3, -0.25) is 0 Å². The van der Waals surface area contributed by atoms with Crippen molar-refractivity contribution in [1.29, 1.82) is 0 Å². The number of quaternary nitrogens is 1. The van der Waals surface area contributed by atoms with E-state index in [0.29, 0.717) is 0 Å². The zero-order chi connectivity index (χ0) is 14.5. The second-order valence-electron chi connectivity index (χ2n) is 6.04. The third-order valence-electron chi connectivity index (χ3n) is 4.29. The van der Waals surface area contributed by atoms with Crippen LogP contribution in [0.1, 0.15) is 29.5 Å². The Hall–Kier alpha value is -1.80. The van der Waals surface area contributed by atoms with E-state index in [0.717, 1.165) is 13.1 Å². The lowest BCUT2D eigenvalue weighted by molar-refractivity contribution is -0.686. The van der Waals surface area contributed by atoms with Crippen LogP contribution in [0.15, 0.2) is 48.5 Å². The minimum absolute atomic E-state index is 1.05. The summed E-state index contributed by atoms with van der Waals surface area (Å²) >= 11 is 0. The van der Waals surface area contributed by atoms with Crippen LogP contribution in [0.3, 0.4) is 0 Å². The number of hydrogen-bond acceptors (Lipinski definition) is 1. The standard InChI is InChI=1S/C19H24N2/c1-16-4-6-17(7-5-16)14-20-15-18-8-10-19(11-9-18)21-12-2-3-13-21/h4-11,20H,2-3,12-15H2,1H3/p+1. The van der Waals surface area contributed by atoms with Crippen molar-refractivity contribution < 1.29 is 5.32 Å². The van der Waals surface area contributed by atoms with Gasteiger partial charge < -0.3 is 10.2 Å². The Morgan fingerprint density at radius 2 is 1.33 bits per heavy atom. The fourth-order valence-corrected chi connectivity index (χ4v) is 2.95. The largest absolute Gasteiger partial charge is 0.372 e. The molecule has 21 heavy (non-hydrogen) atoms. The highest BCUT2D eigenvalue weighted by atomic mass is 15.1. The molecule has 0 bridgehead atoms. The van der Waals surface area contributed by atoms with Crippen LogP contribution in [-0.4, -0.2) is 13.1 Å². The lowest BCUT2D eigenvalue weighted by Crippen LogP contribution is -2.80. The zero-order valence-corrected chi connectivity index (χ0v) is 12.9. The van der Waals surface area contributed by atoms with Gasteiger partial charge in [-0.05, 0) is 31.9 Å². The molecule has 2 nitrogen and oxygen atoms in total. The van der Waals surface area contributed by atoms with E-state index in [1.54, 1.807) is 0 Å². The quantitative estimate of drug-likeness (QED) is 0.893. The molecule has 0 atom stereocenters. The van der Waals surface area contributed by atoms with Gasteiger partial charge in [-0.1, -0.05) is 42.0 Å². The molecule has 110 valence electrons. The Morgan fingerprint density at radius 1 is 0.810 bits per heavy atom. The Balaban J connectivity index is 1.50. The van der Waals surface area contributed by atoms with Crippen molar-refractivity contribution in [1.82, 2.24) is 0 Å². The highest BCUT2D eigenvalue weighted by molar-refractivity contribution is 5.48. The number of aryl methyl sites for hydroxylation is 1. The molecule has 2 aromatic rings. The molecule has 1 heterocycles. The summed E-state index contributed by atoms with van der Waals surface area (Å²) in [6.45, 7) is 6.68. The summed E-state index contributed by atoms with van der Waals surface area (Å²) in [5, 5.41) is 2.37. The minimum Gasteiger partial charge on any atom is -0.372 e. The summed E-state index contributed by atoms with van der Waals surface area (Å²) in [6.07, 6.45) is 2.68. The van der Waals surface area contributed by atoms with E-state index in [2.05, 4.69) is 65.7 Å². The van der Waals surface area contributed by atoms with Crippen LogP contribution >= 0.6 is 0 Å². The van der Waals surface area contributed by atoms with E-state index >= 15 is 0 Å². The number of hydrogen-bond donors (Lipinski definition) is 1. The van der Waals surface area contributed by atoms with Crippen molar-refractivity contribution in [3.8, 4) is 0 Å². The smallest absolute Gasteiger partial charge is 0.101 e. The molecule has 1 saturated heterocycles. The average Bonchev–Trinajstić information content (AvgIpc) is 3.04. The molecule has 1 fully saturated rings. The van der Waals surface area contributed by atoms with Crippen molar-refractivity contribution in [2.24, 2.45) is 0 Å². The zero-order valence-electron chi connectivity index (χ0n) is 12.9. The fourth-order valence-electron chi connectivity index (χ4n) is 2.95. The molecule has 0 aliphatic carbocycles. The number of rotatable bonds is 5. The highest BCUT2D eigenvalue weighted by Crippen LogP contribution is 2.20. The Bertz CT molecular complexity index is 551. The third kappa shape index (κ3) is 3.85. The molecular formula is C19H25N2+. The number of nitrogens with two attached hydrogens (primary N) is 1. The van der Waals surface area contributed by atoms with Gasteiger partial charge in [0.15, 0.2) is 0 Å². The van der Waals surface area contributed by atoms with E-state index in [1.165, 1.54) is 48.3 Å². The van der Waals surface area contributed by atoms with E-state index in [4.69, 9.17) is 0 Å². The molecule has 0 amide bonds. The molecule has 0 aromatic heterocycles. The van der Waals surface area contributed by atoms with Gasteiger partial charge in [0.2, 0.25) is 0 Å². The van der Waals surface area contributed by atoms with Crippen LogP contribution in [0.2, 0.25) is 0 Å². The van der Waals surface area contributed by atoms with Gasteiger partial charge in [0.05, 0.1) is 0 Å². The summed E-state index contributed by atoms with van der Waals surface area (Å²) in [4.78, 5) is 2.49. The van der Waals surface area contributed by atoms with Gasteiger partial charge in [0, 0.05) is 29.9 Å². The van der Waals surface area contributed by atoms with Crippen LogP contribution in [-0.2, 0) is 13.1 Å². The van der Waals surface area contributed by atoms with Crippen molar-refractivity contribution in [3.05, 3.63) is 65.2 Å². The second-order valence-corrected chi connectivity index (χ2v) is 6.04. The van der Waals surface area contributed by atoms with Gasteiger partial charge in [-0.15, -0.1) is 0 Å². The number of benzene rings is 2. The van der Waals surface area contributed by atoms with Crippen molar-refractivity contribution in [2.75, 3.05) is 18.0 Å². The first kappa shape index (κ1) is 14.2. The molecule has 2 aromatic carbocycles. The Kier molecular flexibility index (Phi) is 4.56. The molecule has 1 aliphatic rings. The lowest BCUT2D eigenvalue weighted by Gasteiger charge is -2.17. The summed E-state index contributed by atoms with van der Waals surface area (Å²) in [5.74, 6) is 0. The average molecular weight is 281 g/mol. The van der Waals surface area contributed by atoms with Crippen molar-refractivity contribution in [3.63, 3.8) is 0 Å². The monoisotopic (exact) mass is 281 g/mol. The summed E-state index contributed by atoms with van der Waals surface area (Å²) in [6, 6.07) is 17.9. The maximum Gasteiger partial charge on any atom is 0.101 e. The van der Waals surface area contributed by atoms with Crippen LogP contribution in [0.4, 0.5) is 5.69 Å². The van der Waals surface area contributed by atoms with Gasteiger partial charge in [-0.2, -0.15) is 0 Å². The molecule has 2 heteroatoms. The fraction of sp³-hybridized carbons (Fsp3) is 0.368. The van der Waals surface area contributed by atoms with Gasteiger partial charge >= 0.3 is 0 Å². The second kappa shape index (κ2) is 6.77. The summed E-state index contributed by atoms with van der Waals surface area (Å²) < 4.78 is 0. The predicted molar refractivity (Wildman–Crippen MR) is 88.4 cm³/mol. The first-order chi connectivity index (χ1) is 10.3. The van der Waals surface area contributed by atoms with Gasteiger partial charge in [-0.25, -0.2) is 0 Å². The predicted octanol–water partition coefficient (Wildman–Crippen LogP) is 2.86.